The molecule has 1 aromatic heterocycles. The summed E-state index contributed by atoms with van der Waals surface area (Å²) < 4.78 is 21.7. The van der Waals surface area contributed by atoms with Crippen molar-refractivity contribution in [1.82, 2.24) is 9.55 Å². The van der Waals surface area contributed by atoms with E-state index < -0.39 is 0 Å². The summed E-state index contributed by atoms with van der Waals surface area (Å²) in [5.74, 6) is 0.626. The molecule has 3 rings (SSSR count). The summed E-state index contributed by atoms with van der Waals surface area (Å²) in [6, 6.07) is 6.44. The molecule has 0 saturated carbocycles. The number of hydrogen-bond acceptors (Lipinski definition) is 2. The maximum absolute atomic E-state index is 13.0. The van der Waals surface area contributed by atoms with Crippen LogP contribution in [0.15, 0.2) is 28.9 Å². The molecular formula is C14H14BrFN2O. The van der Waals surface area contributed by atoms with Crippen molar-refractivity contribution < 1.29 is 9.13 Å². The molecule has 0 radical (unpaired) electrons. The van der Waals surface area contributed by atoms with Crippen molar-refractivity contribution in [1.29, 1.82) is 0 Å². The Bertz CT molecular complexity index is 594. The highest BCUT2D eigenvalue weighted by Gasteiger charge is 2.21. The van der Waals surface area contributed by atoms with Crippen LogP contribution in [0.3, 0.4) is 0 Å². The maximum Gasteiger partial charge on any atom is 0.141 e. The molecule has 0 amide bonds. The second-order valence-electron chi connectivity index (χ2n) is 4.72. The number of ether oxygens (including phenoxy) is 1. The molecule has 2 heterocycles. The molecular weight excluding hydrogens is 311 g/mol. The van der Waals surface area contributed by atoms with Gasteiger partial charge in [0.05, 0.1) is 24.9 Å². The summed E-state index contributed by atoms with van der Waals surface area (Å²) in [6.07, 6.45) is 0.987. The zero-order valence-corrected chi connectivity index (χ0v) is 12.2. The van der Waals surface area contributed by atoms with E-state index in [-0.39, 0.29) is 11.9 Å². The van der Waals surface area contributed by atoms with Gasteiger partial charge in [-0.25, -0.2) is 9.37 Å². The van der Waals surface area contributed by atoms with E-state index in [0.717, 1.165) is 34.7 Å². The lowest BCUT2D eigenvalue weighted by molar-refractivity contribution is 0.0666. The number of nitrogens with zero attached hydrogens (tertiary/aromatic N) is 2. The van der Waals surface area contributed by atoms with Crippen molar-refractivity contribution in [2.75, 3.05) is 6.61 Å². The fourth-order valence-corrected chi connectivity index (χ4v) is 2.96. The first kappa shape index (κ1) is 12.8. The van der Waals surface area contributed by atoms with Gasteiger partial charge in [0.15, 0.2) is 0 Å². The third-order valence-electron chi connectivity index (χ3n) is 3.31. The highest BCUT2D eigenvalue weighted by molar-refractivity contribution is 9.10. The van der Waals surface area contributed by atoms with Gasteiger partial charge in [0.25, 0.3) is 0 Å². The molecule has 0 aliphatic carbocycles. The Labute approximate surface area is 119 Å². The van der Waals surface area contributed by atoms with Gasteiger partial charge in [-0.2, -0.15) is 0 Å². The number of halogens is 2. The Morgan fingerprint density at radius 3 is 2.84 bits per heavy atom. The number of fused-ring (bicyclic) bond motifs is 1. The molecule has 1 unspecified atom stereocenters. The molecule has 1 atom stereocenters. The monoisotopic (exact) mass is 324 g/mol. The van der Waals surface area contributed by atoms with Crippen LogP contribution >= 0.6 is 15.9 Å². The number of aromatic nitrogens is 2. The summed E-state index contributed by atoms with van der Waals surface area (Å²) in [5, 5.41) is 0. The first-order chi connectivity index (χ1) is 9.15. The minimum atomic E-state index is -0.234. The molecule has 19 heavy (non-hydrogen) atoms. The van der Waals surface area contributed by atoms with Crippen LogP contribution in [0.5, 0.6) is 0 Å². The van der Waals surface area contributed by atoms with E-state index in [1.807, 2.05) is 0 Å². The fraction of sp³-hybridized carbons (Fsp3) is 0.357. The van der Waals surface area contributed by atoms with Crippen molar-refractivity contribution in [3.63, 3.8) is 0 Å². The van der Waals surface area contributed by atoms with Gasteiger partial charge in [0.2, 0.25) is 0 Å². The molecule has 0 bridgehead atoms. The highest BCUT2D eigenvalue weighted by Crippen LogP contribution is 2.28. The zero-order valence-electron chi connectivity index (χ0n) is 10.6. The summed E-state index contributed by atoms with van der Waals surface area (Å²) in [6.45, 7) is 3.52. The predicted molar refractivity (Wildman–Crippen MR) is 74.4 cm³/mol. The predicted octanol–water partition coefficient (Wildman–Crippen LogP) is 3.41. The smallest absolute Gasteiger partial charge is 0.141 e. The second kappa shape index (κ2) is 5.06. The number of rotatable bonds is 1. The Hall–Kier alpha value is -1.20. The molecule has 0 saturated heterocycles. The first-order valence-corrected chi connectivity index (χ1v) is 7.07. The van der Waals surface area contributed by atoms with E-state index in [1.54, 1.807) is 12.1 Å². The molecule has 1 aliphatic heterocycles. The third-order valence-corrected chi connectivity index (χ3v) is 3.94. The normalized spacial score (nSPS) is 19.0. The van der Waals surface area contributed by atoms with Crippen LogP contribution in [0.25, 0.3) is 11.4 Å². The summed E-state index contributed by atoms with van der Waals surface area (Å²) >= 11 is 3.51. The minimum absolute atomic E-state index is 0.154. The van der Waals surface area contributed by atoms with Crippen LogP contribution in [0, 0.1) is 5.82 Å². The molecule has 2 aromatic rings. The van der Waals surface area contributed by atoms with Gasteiger partial charge in [-0.1, -0.05) is 0 Å². The van der Waals surface area contributed by atoms with Crippen LogP contribution in [-0.2, 0) is 17.7 Å². The molecule has 1 aliphatic rings. The topological polar surface area (TPSA) is 27.1 Å². The highest BCUT2D eigenvalue weighted by atomic mass is 79.9. The average molecular weight is 325 g/mol. The lowest BCUT2D eigenvalue weighted by Gasteiger charge is -2.12. The van der Waals surface area contributed by atoms with Crippen LogP contribution in [-0.4, -0.2) is 22.3 Å². The van der Waals surface area contributed by atoms with Gasteiger partial charge < -0.3 is 9.30 Å². The number of hydrogen-bond donors (Lipinski definition) is 0. The summed E-state index contributed by atoms with van der Waals surface area (Å²) in [5.41, 5.74) is 2.06. The van der Waals surface area contributed by atoms with E-state index >= 15 is 0 Å². The lowest BCUT2D eigenvalue weighted by atomic mass is 10.2. The number of benzene rings is 1. The van der Waals surface area contributed by atoms with Crippen LogP contribution in [0.1, 0.15) is 12.6 Å². The Morgan fingerprint density at radius 2 is 2.11 bits per heavy atom. The molecule has 5 heteroatoms. The zero-order chi connectivity index (χ0) is 13.4. The van der Waals surface area contributed by atoms with Crippen LogP contribution < -0.4 is 0 Å². The second-order valence-corrected chi connectivity index (χ2v) is 5.47. The SMILES string of the molecule is CC1Cn2c(-c3ccc(F)cc3)nc(Br)c2CCO1. The third kappa shape index (κ3) is 2.44. The minimum Gasteiger partial charge on any atom is -0.376 e. The van der Waals surface area contributed by atoms with Gasteiger partial charge in [-0.15, -0.1) is 0 Å². The molecule has 3 nitrogen and oxygen atoms in total. The van der Waals surface area contributed by atoms with Crippen molar-refractivity contribution >= 4 is 15.9 Å². The molecule has 1 aromatic carbocycles. The first-order valence-electron chi connectivity index (χ1n) is 6.27. The molecule has 0 N–H and O–H groups in total. The Kier molecular flexibility index (Phi) is 3.41. The van der Waals surface area contributed by atoms with Gasteiger partial charge in [-0.05, 0) is 47.1 Å². The Morgan fingerprint density at radius 1 is 1.37 bits per heavy atom. The summed E-state index contributed by atoms with van der Waals surface area (Å²) in [7, 11) is 0. The van der Waals surface area contributed by atoms with Gasteiger partial charge in [-0.3, -0.25) is 0 Å². The Balaban J connectivity index is 2.09. The van der Waals surface area contributed by atoms with E-state index in [9.17, 15) is 4.39 Å². The number of imidazole rings is 1. The van der Waals surface area contributed by atoms with Crippen LogP contribution in [0.4, 0.5) is 4.39 Å². The van der Waals surface area contributed by atoms with Gasteiger partial charge in [0, 0.05) is 12.0 Å². The molecule has 0 spiro atoms. The van der Waals surface area contributed by atoms with Crippen molar-refractivity contribution in [3.05, 3.63) is 40.4 Å². The lowest BCUT2D eigenvalue weighted by Crippen LogP contribution is -2.14. The van der Waals surface area contributed by atoms with Gasteiger partial charge in [0.1, 0.15) is 16.2 Å². The van der Waals surface area contributed by atoms with E-state index in [0.29, 0.717) is 6.61 Å². The van der Waals surface area contributed by atoms with E-state index in [2.05, 4.69) is 32.4 Å². The van der Waals surface area contributed by atoms with Crippen LogP contribution in [0.2, 0.25) is 0 Å². The summed E-state index contributed by atoms with van der Waals surface area (Å²) in [4.78, 5) is 4.57. The maximum atomic E-state index is 13.0. The van der Waals surface area contributed by atoms with Crippen molar-refractivity contribution in [2.45, 2.75) is 26.0 Å². The average Bonchev–Trinajstić information content (AvgIpc) is 2.58. The van der Waals surface area contributed by atoms with E-state index in [4.69, 9.17) is 4.74 Å². The largest absolute Gasteiger partial charge is 0.376 e. The molecule has 0 fully saturated rings. The van der Waals surface area contributed by atoms with Crippen molar-refractivity contribution in [2.24, 2.45) is 0 Å². The van der Waals surface area contributed by atoms with Gasteiger partial charge >= 0.3 is 0 Å². The molecule has 100 valence electrons. The van der Waals surface area contributed by atoms with E-state index in [1.165, 1.54) is 12.1 Å². The van der Waals surface area contributed by atoms with Crippen molar-refractivity contribution in [3.8, 4) is 11.4 Å². The fourth-order valence-electron chi connectivity index (χ4n) is 2.38. The quantitative estimate of drug-likeness (QED) is 0.803. The standard InChI is InChI=1S/C14H14BrFN2O/c1-9-8-18-12(6-7-19-9)13(15)17-14(18)10-2-4-11(16)5-3-10/h2-5,9H,6-8H2,1H3.